The second-order valence-electron chi connectivity index (χ2n) is 7.41. The standard InChI is InChI=1S/C24H28N2O5/c1-4-16-8-10-17(11-9-16)20-15-21(19-13-12-18(30-2)14-22(19)31-3)26(25-20)23(27)6-5-7-24(28)29/h8-14,21H,4-7,15H2,1-3H3,(H,28,29)/t21-/m0/s1. The quantitative estimate of drug-likeness (QED) is 0.652. The number of hydrogen-bond acceptors (Lipinski definition) is 5. The minimum absolute atomic E-state index is 0.0504. The molecule has 0 unspecified atom stereocenters. The van der Waals surface area contributed by atoms with Gasteiger partial charge in [-0.05, 0) is 36.1 Å². The minimum atomic E-state index is -0.914. The summed E-state index contributed by atoms with van der Waals surface area (Å²) in [5, 5.41) is 15.0. The number of amides is 1. The summed E-state index contributed by atoms with van der Waals surface area (Å²) < 4.78 is 10.9. The predicted molar refractivity (Wildman–Crippen MR) is 118 cm³/mol. The number of hydrazone groups is 1. The van der Waals surface area contributed by atoms with Crippen LogP contribution in [0.15, 0.2) is 47.6 Å². The molecule has 1 amide bonds. The molecule has 1 atom stereocenters. The molecule has 1 heterocycles. The number of benzene rings is 2. The molecule has 0 saturated heterocycles. The van der Waals surface area contributed by atoms with Crippen LogP contribution in [0.4, 0.5) is 0 Å². The number of carbonyl (C=O) groups is 2. The van der Waals surface area contributed by atoms with Crippen LogP contribution in [-0.2, 0) is 16.0 Å². The van der Waals surface area contributed by atoms with Crippen LogP contribution in [0.25, 0.3) is 0 Å². The first-order valence-corrected chi connectivity index (χ1v) is 10.4. The fourth-order valence-electron chi connectivity index (χ4n) is 3.69. The van der Waals surface area contributed by atoms with Crippen molar-refractivity contribution in [1.29, 1.82) is 0 Å². The highest BCUT2D eigenvalue weighted by atomic mass is 16.5. The zero-order valence-corrected chi connectivity index (χ0v) is 18.1. The second kappa shape index (κ2) is 10.1. The summed E-state index contributed by atoms with van der Waals surface area (Å²) in [5.74, 6) is 0.159. The number of ether oxygens (including phenoxy) is 2. The maximum absolute atomic E-state index is 13.0. The number of carboxylic acids is 1. The first kappa shape index (κ1) is 22.3. The first-order valence-electron chi connectivity index (χ1n) is 10.4. The van der Waals surface area contributed by atoms with E-state index in [1.807, 2.05) is 24.3 Å². The molecule has 1 aliphatic rings. The lowest BCUT2D eigenvalue weighted by molar-refractivity contribution is -0.137. The first-order chi connectivity index (χ1) is 15.0. The molecule has 0 spiro atoms. The molecule has 31 heavy (non-hydrogen) atoms. The van der Waals surface area contributed by atoms with Gasteiger partial charge >= 0.3 is 5.97 Å². The molecule has 7 nitrogen and oxygen atoms in total. The molecule has 164 valence electrons. The van der Waals surface area contributed by atoms with E-state index in [0.29, 0.717) is 17.9 Å². The molecule has 7 heteroatoms. The molecule has 0 radical (unpaired) electrons. The smallest absolute Gasteiger partial charge is 0.303 e. The summed E-state index contributed by atoms with van der Waals surface area (Å²) in [6.07, 6.45) is 1.83. The average Bonchev–Trinajstić information content (AvgIpc) is 3.23. The van der Waals surface area contributed by atoms with E-state index in [4.69, 9.17) is 14.6 Å². The Labute approximate surface area is 182 Å². The monoisotopic (exact) mass is 424 g/mol. The van der Waals surface area contributed by atoms with Gasteiger partial charge in [0.15, 0.2) is 0 Å². The van der Waals surface area contributed by atoms with Gasteiger partial charge in [-0.25, -0.2) is 5.01 Å². The van der Waals surface area contributed by atoms with Crippen LogP contribution >= 0.6 is 0 Å². The number of aliphatic carboxylic acids is 1. The van der Waals surface area contributed by atoms with Crippen molar-refractivity contribution < 1.29 is 24.2 Å². The minimum Gasteiger partial charge on any atom is -0.497 e. The van der Waals surface area contributed by atoms with Crippen LogP contribution in [0, 0.1) is 0 Å². The Morgan fingerprint density at radius 2 is 1.84 bits per heavy atom. The SMILES string of the molecule is CCc1ccc(C2=NN(C(=O)CCCC(=O)O)[C@H](c3ccc(OC)cc3OC)C2)cc1. The molecular formula is C24H28N2O5. The molecule has 2 aromatic rings. The molecule has 1 aliphatic heterocycles. The second-order valence-corrected chi connectivity index (χ2v) is 7.41. The highest BCUT2D eigenvalue weighted by molar-refractivity contribution is 6.03. The van der Waals surface area contributed by atoms with Crippen LogP contribution in [0.2, 0.25) is 0 Å². The lowest BCUT2D eigenvalue weighted by Crippen LogP contribution is -2.27. The Morgan fingerprint density at radius 3 is 2.45 bits per heavy atom. The number of carboxylic acid groups (broad SMARTS) is 1. The van der Waals surface area contributed by atoms with Crippen LogP contribution in [0.1, 0.15) is 55.3 Å². The van der Waals surface area contributed by atoms with E-state index >= 15 is 0 Å². The summed E-state index contributed by atoms with van der Waals surface area (Å²) >= 11 is 0. The zero-order chi connectivity index (χ0) is 22.4. The molecule has 3 rings (SSSR count). The van der Waals surface area contributed by atoms with Gasteiger partial charge < -0.3 is 14.6 Å². The Balaban J connectivity index is 1.92. The number of methoxy groups -OCH3 is 2. The van der Waals surface area contributed by atoms with Gasteiger partial charge in [0, 0.05) is 30.9 Å². The Morgan fingerprint density at radius 1 is 1.10 bits per heavy atom. The molecule has 0 bridgehead atoms. The molecule has 0 aliphatic carbocycles. The molecule has 0 saturated carbocycles. The van der Waals surface area contributed by atoms with Crippen molar-refractivity contribution in [2.24, 2.45) is 5.10 Å². The number of nitrogens with zero attached hydrogens (tertiary/aromatic N) is 2. The highest BCUT2D eigenvalue weighted by Gasteiger charge is 2.34. The lowest BCUT2D eigenvalue weighted by Gasteiger charge is -2.24. The Bertz CT molecular complexity index is 968. The van der Waals surface area contributed by atoms with Crippen LogP contribution in [0.3, 0.4) is 0 Å². The van der Waals surface area contributed by atoms with Crippen LogP contribution < -0.4 is 9.47 Å². The molecule has 2 aromatic carbocycles. The van der Waals surface area contributed by atoms with E-state index < -0.39 is 5.97 Å². The molecule has 1 N–H and O–H groups in total. The van der Waals surface area contributed by atoms with Crippen molar-refractivity contribution in [1.82, 2.24) is 5.01 Å². The van der Waals surface area contributed by atoms with Crippen molar-refractivity contribution in [3.8, 4) is 11.5 Å². The van der Waals surface area contributed by atoms with Gasteiger partial charge in [-0.15, -0.1) is 0 Å². The van der Waals surface area contributed by atoms with Crippen LogP contribution in [-0.4, -0.2) is 41.9 Å². The maximum Gasteiger partial charge on any atom is 0.303 e. The van der Waals surface area contributed by atoms with Gasteiger partial charge in [0.05, 0.1) is 26.0 Å². The van der Waals surface area contributed by atoms with E-state index in [-0.39, 0.29) is 31.2 Å². The number of aryl methyl sites for hydroxylation is 1. The van der Waals surface area contributed by atoms with Crippen molar-refractivity contribution in [2.75, 3.05) is 14.2 Å². The Hall–Kier alpha value is -3.35. The fourth-order valence-corrected chi connectivity index (χ4v) is 3.69. The van der Waals surface area contributed by atoms with E-state index in [0.717, 1.165) is 23.3 Å². The molecular weight excluding hydrogens is 396 g/mol. The Kier molecular flexibility index (Phi) is 7.28. The molecule has 0 aromatic heterocycles. The van der Waals surface area contributed by atoms with Gasteiger partial charge in [0.25, 0.3) is 0 Å². The van der Waals surface area contributed by atoms with Gasteiger partial charge in [-0.3, -0.25) is 9.59 Å². The summed E-state index contributed by atoms with van der Waals surface area (Å²) in [5.41, 5.74) is 3.85. The zero-order valence-electron chi connectivity index (χ0n) is 18.1. The average molecular weight is 424 g/mol. The normalized spacial score (nSPS) is 15.5. The van der Waals surface area contributed by atoms with Crippen LogP contribution in [0.5, 0.6) is 11.5 Å². The maximum atomic E-state index is 13.0. The summed E-state index contributed by atoms with van der Waals surface area (Å²) in [4.78, 5) is 23.8. The van der Waals surface area contributed by atoms with Crippen molar-refractivity contribution in [3.63, 3.8) is 0 Å². The van der Waals surface area contributed by atoms with E-state index in [1.165, 1.54) is 10.6 Å². The van der Waals surface area contributed by atoms with Gasteiger partial charge in [0.2, 0.25) is 5.91 Å². The van der Waals surface area contributed by atoms with Gasteiger partial charge in [-0.2, -0.15) is 5.10 Å². The van der Waals surface area contributed by atoms with E-state index in [2.05, 4.69) is 24.2 Å². The third-order valence-corrected chi connectivity index (χ3v) is 5.44. The number of hydrogen-bond donors (Lipinski definition) is 1. The topological polar surface area (TPSA) is 88.4 Å². The molecule has 0 fully saturated rings. The largest absolute Gasteiger partial charge is 0.497 e. The number of carbonyl (C=O) groups excluding carboxylic acids is 1. The number of rotatable bonds is 9. The fraction of sp³-hybridized carbons (Fsp3) is 0.375. The summed E-state index contributed by atoms with van der Waals surface area (Å²) in [7, 11) is 3.17. The predicted octanol–water partition coefficient (Wildman–Crippen LogP) is 4.20. The highest BCUT2D eigenvalue weighted by Crippen LogP contribution is 2.39. The third kappa shape index (κ3) is 5.23. The van der Waals surface area contributed by atoms with E-state index in [1.54, 1.807) is 20.3 Å². The van der Waals surface area contributed by atoms with Gasteiger partial charge in [0.1, 0.15) is 11.5 Å². The van der Waals surface area contributed by atoms with Gasteiger partial charge in [-0.1, -0.05) is 31.2 Å². The summed E-state index contributed by atoms with van der Waals surface area (Å²) in [6, 6.07) is 13.4. The van der Waals surface area contributed by atoms with E-state index in [9.17, 15) is 9.59 Å². The van der Waals surface area contributed by atoms with Crippen molar-refractivity contribution in [2.45, 2.75) is 45.1 Å². The third-order valence-electron chi connectivity index (χ3n) is 5.44. The van der Waals surface area contributed by atoms with Crippen molar-refractivity contribution >= 4 is 17.6 Å². The summed E-state index contributed by atoms with van der Waals surface area (Å²) in [6.45, 7) is 2.10. The van der Waals surface area contributed by atoms with Crippen molar-refractivity contribution in [3.05, 3.63) is 59.2 Å². The lowest BCUT2D eigenvalue weighted by atomic mass is 9.96.